The van der Waals surface area contributed by atoms with E-state index in [-0.39, 0.29) is 7.43 Å². The molecule has 0 amide bonds. The molecule has 0 fully saturated rings. The third-order valence-electron chi connectivity index (χ3n) is 4.51. The zero-order valence-electron chi connectivity index (χ0n) is 18.4. The molecule has 2 aromatic carbocycles. The Bertz CT molecular complexity index is 813. The Hall–Kier alpha value is -3.03. The molecule has 0 saturated heterocycles. The van der Waals surface area contributed by atoms with E-state index >= 15 is 0 Å². The standard InChI is InChI=1S/C17H23N.C12H12.CH4/c1-3-4-10-17(15-18-2)14-9-8-13-16-11-6-5-7-12-16;1-2-3-4-6-9-12-10-7-5-8-11-12;/h5-7,11-12,17H,2-4,10,13-15H2,1H3;2,5,7-8,10-11H,1,3,9H2;1H4. The molecule has 1 unspecified atom stereocenters. The van der Waals surface area contributed by atoms with E-state index in [2.05, 4.69) is 85.3 Å². The molecule has 0 aromatic heterocycles. The molecule has 31 heavy (non-hydrogen) atoms. The van der Waals surface area contributed by atoms with E-state index < -0.39 is 0 Å². The highest BCUT2D eigenvalue weighted by atomic mass is 14.7. The fourth-order valence-electron chi connectivity index (χ4n) is 2.81. The minimum absolute atomic E-state index is 0. The second-order valence-corrected chi connectivity index (χ2v) is 7.14. The first kappa shape index (κ1) is 28.0. The van der Waals surface area contributed by atoms with Crippen LogP contribution in [0.5, 0.6) is 0 Å². The average Bonchev–Trinajstić information content (AvgIpc) is 2.80. The zero-order valence-corrected chi connectivity index (χ0v) is 18.4. The first-order valence-corrected chi connectivity index (χ1v) is 10.8. The van der Waals surface area contributed by atoms with Crippen LogP contribution in [0, 0.1) is 29.6 Å². The van der Waals surface area contributed by atoms with Crippen LogP contribution in [0.4, 0.5) is 0 Å². The maximum absolute atomic E-state index is 4.01. The first-order valence-electron chi connectivity index (χ1n) is 10.8. The highest BCUT2D eigenvalue weighted by Crippen LogP contribution is 2.12. The van der Waals surface area contributed by atoms with Crippen molar-refractivity contribution in [2.75, 3.05) is 6.54 Å². The van der Waals surface area contributed by atoms with Crippen molar-refractivity contribution >= 4 is 6.72 Å². The van der Waals surface area contributed by atoms with E-state index in [4.69, 9.17) is 0 Å². The molecule has 1 heteroatoms. The van der Waals surface area contributed by atoms with E-state index in [0.29, 0.717) is 5.92 Å². The summed E-state index contributed by atoms with van der Waals surface area (Å²) in [6.45, 7) is 10.3. The second-order valence-electron chi connectivity index (χ2n) is 7.14. The molecular weight excluding hydrogens is 374 g/mol. The summed E-state index contributed by atoms with van der Waals surface area (Å²) in [4.78, 5) is 4.01. The van der Waals surface area contributed by atoms with Gasteiger partial charge in [-0.15, -0.1) is 12.5 Å². The van der Waals surface area contributed by atoms with Crippen molar-refractivity contribution in [3.63, 3.8) is 0 Å². The molecule has 2 rings (SSSR count). The van der Waals surface area contributed by atoms with Crippen molar-refractivity contribution in [2.45, 2.75) is 59.3 Å². The Morgan fingerprint density at radius 3 is 1.90 bits per heavy atom. The Labute approximate surface area is 191 Å². The van der Waals surface area contributed by atoms with Crippen molar-refractivity contribution in [3.05, 3.63) is 84.4 Å². The molecule has 1 atom stereocenters. The minimum atomic E-state index is 0. The molecule has 0 aliphatic carbocycles. The van der Waals surface area contributed by atoms with Crippen LogP contribution in [0.2, 0.25) is 0 Å². The predicted octanol–water partition coefficient (Wildman–Crippen LogP) is 7.57. The van der Waals surface area contributed by atoms with Crippen molar-refractivity contribution in [1.82, 2.24) is 0 Å². The van der Waals surface area contributed by atoms with Gasteiger partial charge in [0.15, 0.2) is 0 Å². The summed E-state index contributed by atoms with van der Waals surface area (Å²) in [6.07, 6.45) is 8.97. The molecule has 164 valence electrons. The lowest BCUT2D eigenvalue weighted by Crippen LogP contribution is -2.03. The van der Waals surface area contributed by atoms with E-state index in [9.17, 15) is 0 Å². The number of unbranched alkanes of at least 4 members (excludes halogenated alkanes) is 1. The normalized spacial score (nSPS) is 9.84. The number of rotatable bonds is 9. The Morgan fingerprint density at radius 2 is 1.42 bits per heavy atom. The highest BCUT2D eigenvalue weighted by molar-refractivity contribution is 5.23. The predicted molar refractivity (Wildman–Crippen MR) is 139 cm³/mol. The van der Waals surface area contributed by atoms with Gasteiger partial charge in [-0.1, -0.05) is 112 Å². The second kappa shape index (κ2) is 20.3. The Balaban J connectivity index is 0.000000605. The maximum atomic E-state index is 4.01. The van der Waals surface area contributed by atoms with Crippen LogP contribution in [-0.2, 0) is 12.8 Å². The number of nitrogens with zero attached hydrogens (tertiary/aromatic N) is 1. The lowest BCUT2D eigenvalue weighted by atomic mass is 9.99. The molecule has 0 aliphatic heterocycles. The van der Waals surface area contributed by atoms with Gasteiger partial charge in [0.1, 0.15) is 0 Å². The molecule has 0 radical (unpaired) electrons. The first-order chi connectivity index (χ1) is 14.8. The van der Waals surface area contributed by atoms with Gasteiger partial charge in [0.25, 0.3) is 0 Å². The summed E-state index contributed by atoms with van der Waals surface area (Å²) in [5.74, 6) is 13.2. The van der Waals surface area contributed by atoms with E-state index in [1.807, 2.05) is 30.3 Å². The highest BCUT2D eigenvalue weighted by Gasteiger charge is 2.04. The van der Waals surface area contributed by atoms with Gasteiger partial charge < -0.3 is 4.99 Å². The van der Waals surface area contributed by atoms with Gasteiger partial charge >= 0.3 is 0 Å². The Kier molecular flexibility index (Phi) is 18.3. The molecule has 1 nitrogen and oxygen atoms in total. The lowest BCUT2D eigenvalue weighted by molar-refractivity contribution is 0.488. The molecule has 0 N–H and O–H groups in total. The number of benzene rings is 2. The summed E-state index contributed by atoms with van der Waals surface area (Å²) < 4.78 is 0. The van der Waals surface area contributed by atoms with Crippen LogP contribution in [0.25, 0.3) is 0 Å². The van der Waals surface area contributed by atoms with Crippen molar-refractivity contribution in [3.8, 4) is 23.7 Å². The molecule has 0 saturated carbocycles. The third-order valence-corrected chi connectivity index (χ3v) is 4.51. The quantitative estimate of drug-likeness (QED) is 0.228. The molecule has 0 spiro atoms. The molecule has 2 aromatic rings. The van der Waals surface area contributed by atoms with Gasteiger partial charge in [-0.3, -0.25) is 0 Å². The number of allylic oxidation sites excluding steroid dienone is 1. The van der Waals surface area contributed by atoms with Crippen molar-refractivity contribution in [1.29, 1.82) is 0 Å². The van der Waals surface area contributed by atoms with Crippen LogP contribution in [0.15, 0.2) is 78.3 Å². The lowest BCUT2D eigenvalue weighted by Gasteiger charge is -2.09. The SMILES string of the molecule is C.C=CCC#CCc1ccccc1.C=NCC(CC#CCc1ccccc1)CCCC. The molecule has 0 heterocycles. The van der Waals surface area contributed by atoms with Crippen LogP contribution in [-0.4, -0.2) is 13.3 Å². The van der Waals surface area contributed by atoms with Crippen LogP contribution >= 0.6 is 0 Å². The van der Waals surface area contributed by atoms with E-state index in [1.165, 1.54) is 30.4 Å². The van der Waals surface area contributed by atoms with E-state index in [1.54, 1.807) is 0 Å². The summed E-state index contributed by atoms with van der Waals surface area (Å²) in [5.41, 5.74) is 2.56. The summed E-state index contributed by atoms with van der Waals surface area (Å²) in [5, 5.41) is 0. The monoisotopic (exact) mass is 413 g/mol. The van der Waals surface area contributed by atoms with Crippen LogP contribution in [0.1, 0.15) is 57.6 Å². The number of aliphatic imine (C=N–C) groups is 1. The van der Waals surface area contributed by atoms with Gasteiger partial charge in [0, 0.05) is 32.2 Å². The maximum Gasteiger partial charge on any atom is 0.0419 e. The van der Waals surface area contributed by atoms with Crippen molar-refractivity contribution in [2.24, 2.45) is 10.9 Å². The minimum Gasteiger partial charge on any atom is -0.301 e. The zero-order chi connectivity index (χ0) is 21.7. The molecular formula is C30H39N. The van der Waals surface area contributed by atoms with Crippen LogP contribution < -0.4 is 0 Å². The van der Waals surface area contributed by atoms with Gasteiger partial charge in [-0.05, 0) is 30.2 Å². The third kappa shape index (κ3) is 15.5. The van der Waals surface area contributed by atoms with Crippen LogP contribution in [0.3, 0.4) is 0 Å². The van der Waals surface area contributed by atoms with Gasteiger partial charge in [-0.25, -0.2) is 0 Å². The largest absolute Gasteiger partial charge is 0.301 e. The average molecular weight is 414 g/mol. The fraction of sp³-hybridized carbons (Fsp3) is 0.367. The molecule has 0 aliphatic rings. The fourth-order valence-corrected chi connectivity index (χ4v) is 2.81. The number of hydrogen-bond donors (Lipinski definition) is 0. The van der Waals surface area contributed by atoms with Gasteiger partial charge in [0.05, 0.1) is 0 Å². The number of hydrogen-bond acceptors (Lipinski definition) is 1. The topological polar surface area (TPSA) is 12.4 Å². The molecule has 0 bridgehead atoms. The van der Waals surface area contributed by atoms with E-state index in [0.717, 1.165) is 32.2 Å². The van der Waals surface area contributed by atoms with Crippen molar-refractivity contribution < 1.29 is 0 Å². The smallest absolute Gasteiger partial charge is 0.0419 e. The summed E-state index contributed by atoms with van der Waals surface area (Å²) in [6, 6.07) is 20.6. The summed E-state index contributed by atoms with van der Waals surface area (Å²) >= 11 is 0. The Morgan fingerprint density at radius 1 is 0.871 bits per heavy atom. The summed E-state index contributed by atoms with van der Waals surface area (Å²) in [7, 11) is 0. The van der Waals surface area contributed by atoms with Gasteiger partial charge in [0.2, 0.25) is 0 Å². The van der Waals surface area contributed by atoms with Gasteiger partial charge in [-0.2, -0.15) is 0 Å².